The summed E-state index contributed by atoms with van der Waals surface area (Å²) in [4.78, 5) is 4.00. The number of nitrogen functional groups attached to an aromatic ring is 1. The number of anilines is 1. The molecule has 0 bridgehead atoms. The van der Waals surface area contributed by atoms with Crippen LogP contribution in [0.15, 0.2) is 53.3 Å². The van der Waals surface area contributed by atoms with Gasteiger partial charge in [-0.15, -0.1) is 0 Å². The first kappa shape index (κ1) is 12.8. The summed E-state index contributed by atoms with van der Waals surface area (Å²) in [5.41, 5.74) is 8.39. The van der Waals surface area contributed by atoms with Crippen LogP contribution in [0, 0.1) is 5.82 Å². The SMILES string of the molecule is Nc1cn(-c2ccccc2Br)nc1-c1ccc(F)cn1. The minimum atomic E-state index is -0.391. The predicted molar refractivity (Wildman–Crippen MR) is 78.9 cm³/mol. The summed E-state index contributed by atoms with van der Waals surface area (Å²) in [6.07, 6.45) is 2.85. The van der Waals surface area contributed by atoms with E-state index in [1.807, 2.05) is 24.3 Å². The molecule has 0 saturated carbocycles. The molecule has 20 heavy (non-hydrogen) atoms. The highest BCUT2D eigenvalue weighted by molar-refractivity contribution is 9.10. The molecule has 0 fully saturated rings. The van der Waals surface area contributed by atoms with Gasteiger partial charge in [-0.2, -0.15) is 5.10 Å². The minimum absolute atomic E-state index is 0.391. The number of benzene rings is 1. The van der Waals surface area contributed by atoms with E-state index in [2.05, 4.69) is 26.0 Å². The number of halogens is 2. The summed E-state index contributed by atoms with van der Waals surface area (Å²) in [7, 11) is 0. The molecular formula is C14H10BrFN4. The number of pyridine rings is 1. The Morgan fingerprint density at radius 1 is 1.15 bits per heavy atom. The molecule has 6 heteroatoms. The molecular weight excluding hydrogens is 323 g/mol. The number of para-hydroxylation sites is 1. The predicted octanol–water partition coefficient (Wildman–Crippen LogP) is 3.42. The van der Waals surface area contributed by atoms with E-state index in [1.54, 1.807) is 16.9 Å². The molecule has 0 spiro atoms. The molecule has 0 atom stereocenters. The Hall–Kier alpha value is -2.21. The van der Waals surface area contributed by atoms with Crippen LogP contribution < -0.4 is 5.73 Å². The normalized spacial score (nSPS) is 10.7. The number of aromatic nitrogens is 3. The number of nitrogens with two attached hydrogens (primary N) is 1. The molecule has 0 unspecified atom stereocenters. The van der Waals surface area contributed by atoms with Crippen LogP contribution >= 0.6 is 15.9 Å². The van der Waals surface area contributed by atoms with Crippen LogP contribution in [0.5, 0.6) is 0 Å². The third kappa shape index (κ3) is 2.30. The summed E-state index contributed by atoms with van der Waals surface area (Å²) in [6, 6.07) is 10.6. The molecule has 3 rings (SSSR count). The van der Waals surface area contributed by atoms with Crippen molar-refractivity contribution in [3.8, 4) is 17.1 Å². The Bertz CT molecular complexity index is 752. The lowest BCUT2D eigenvalue weighted by molar-refractivity contribution is 0.621. The third-order valence-electron chi connectivity index (χ3n) is 2.81. The average Bonchev–Trinajstić information content (AvgIpc) is 2.82. The zero-order valence-electron chi connectivity index (χ0n) is 10.3. The van der Waals surface area contributed by atoms with Crippen molar-refractivity contribution in [1.29, 1.82) is 0 Å². The fourth-order valence-corrected chi connectivity index (χ4v) is 2.33. The van der Waals surface area contributed by atoms with Gasteiger partial charge in [0.1, 0.15) is 11.5 Å². The van der Waals surface area contributed by atoms with E-state index in [4.69, 9.17) is 5.73 Å². The van der Waals surface area contributed by atoms with Crippen molar-refractivity contribution in [1.82, 2.24) is 14.8 Å². The highest BCUT2D eigenvalue weighted by Crippen LogP contribution is 2.26. The van der Waals surface area contributed by atoms with Gasteiger partial charge in [-0.05, 0) is 40.2 Å². The van der Waals surface area contributed by atoms with E-state index < -0.39 is 5.82 Å². The maximum Gasteiger partial charge on any atom is 0.141 e. The van der Waals surface area contributed by atoms with Crippen molar-refractivity contribution in [3.05, 3.63) is 59.1 Å². The zero-order chi connectivity index (χ0) is 14.1. The van der Waals surface area contributed by atoms with E-state index in [0.29, 0.717) is 17.1 Å². The van der Waals surface area contributed by atoms with E-state index >= 15 is 0 Å². The Morgan fingerprint density at radius 3 is 2.65 bits per heavy atom. The Morgan fingerprint density at radius 2 is 1.95 bits per heavy atom. The van der Waals surface area contributed by atoms with Crippen LogP contribution in [-0.2, 0) is 0 Å². The maximum atomic E-state index is 12.9. The van der Waals surface area contributed by atoms with Crippen LogP contribution in [-0.4, -0.2) is 14.8 Å². The summed E-state index contributed by atoms with van der Waals surface area (Å²) in [6.45, 7) is 0. The van der Waals surface area contributed by atoms with Gasteiger partial charge >= 0.3 is 0 Å². The lowest BCUT2D eigenvalue weighted by atomic mass is 10.2. The molecule has 2 N–H and O–H groups in total. The topological polar surface area (TPSA) is 56.7 Å². The largest absolute Gasteiger partial charge is 0.396 e. The smallest absolute Gasteiger partial charge is 0.141 e. The average molecular weight is 333 g/mol. The second-order valence-electron chi connectivity index (χ2n) is 4.19. The highest BCUT2D eigenvalue weighted by Gasteiger charge is 2.12. The second-order valence-corrected chi connectivity index (χ2v) is 5.05. The van der Waals surface area contributed by atoms with Crippen molar-refractivity contribution in [2.45, 2.75) is 0 Å². The molecule has 2 aromatic heterocycles. The third-order valence-corrected chi connectivity index (χ3v) is 3.48. The van der Waals surface area contributed by atoms with Crippen LogP contribution in [0.3, 0.4) is 0 Å². The van der Waals surface area contributed by atoms with Gasteiger partial charge in [-0.3, -0.25) is 4.98 Å². The quantitative estimate of drug-likeness (QED) is 0.782. The first-order chi connectivity index (χ1) is 9.65. The maximum absolute atomic E-state index is 12.9. The minimum Gasteiger partial charge on any atom is -0.396 e. The van der Waals surface area contributed by atoms with Gasteiger partial charge in [0.05, 0.1) is 29.5 Å². The number of nitrogens with zero attached hydrogens (tertiary/aromatic N) is 3. The lowest BCUT2D eigenvalue weighted by Gasteiger charge is -2.03. The van der Waals surface area contributed by atoms with Gasteiger partial charge in [-0.1, -0.05) is 12.1 Å². The van der Waals surface area contributed by atoms with Gasteiger partial charge < -0.3 is 5.73 Å². The van der Waals surface area contributed by atoms with Gasteiger partial charge in [-0.25, -0.2) is 9.07 Å². The van der Waals surface area contributed by atoms with Crippen LogP contribution in [0.25, 0.3) is 17.1 Å². The van der Waals surface area contributed by atoms with E-state index in [0.717, 1.165) is 16.4 Å². The zero-order valence-corrected chi connectivity index (χ0v) is 11.9. The first-order valence-electron chi connectivity index (χ1n) is 5.87. The number of hydrogen-bond acceptors (Lipinski definition) is 3. The molecule has 0 aliphatic heterocycles. The molecule has 0 amide bonds. The van der Waals surface area contributed by atoms with Crippen LogP contribution in [0.4, 0.5) is 10.1 Å². The lowest BCUT2D eigenvalue weighted by Crippen LogP contribution is -1.96. The van der Waals surface area contributed by atoms with Crippen LogP contribution in [0.1, 0.15) is 0 Å². The molecule has 3 aromatic rings. The van der Waals surface area contributed by atoms with Crippen LogP contribution in [0.2, 0.25) is 0 Å². The fourth-order valence-electron chi connectivity index (χ4n) is 1.86. The molecule has 0 aliphatic rings. The molecule has 0 radical (unpaired) electrons. The summed E-state index contributed by atoms with van der Waals surface area (Å²) in [5.74, 6) is -0.391. The number of rotatable bonds is 2. The molecule has 0 saturated heterocycles. The Labute approximate surface area is 123 Å². The second kappa shape index (κ2) is 5.05. The van der Waals surface area contributed by atoms with E-state index in [1.165, 1.54) is 6.07 Å². The summed E-state index contributed by atoms with van der Waals surface area (Å²) >= 11 is 3.47. The monoisotopic (exact) mass is 332 g/mol. The Kier molecular flexibility index (Phi) is 3.23. The van der Waals surface area contributed by atoms with Crippen molar-refractivity contribution >= 4 is 21.6 Å². The molecule has 4 nitrogen and oxygen atoms in total. The van der Waals surface area contributed by atoms with Gasteiger partial charge in [0, 0.05) is 4.47 Å². The molecule has 2 heterocycles. The Balaban J connectivity index is 2.08. The van der Waals surface area contributed by atoms with Crippen molar-refractivity contribution in [2.24, 2.45) is 0 Å². The standard InChI is InChI=1S/C14H10BrFN4/c15-10-3-1-2-4-13(10)20-8-11(17)14(19-20)12-6-5-9(16)7-18-12/h1-8H,17H2. The summed E-state index contributed by atoms with van der Waals surface area (Å²) in [5, 5.41) is 4.42. The van der Waals surface area contributed by atoms with Crippen molar-refractivity contribution in [2.75, 3.05) is 5.73 Å². The summed E-state index contributed by atoms with van der Waals surface area (Å²) < 4.78 is 15.5. The van der Waals surface area contributed by atoms with Gasteiger partial charge in [0.15, 0.2) is 0 Å². The highest BCUT2D eigenvalue weighted by atomic mass is 79.9. The molecule has 100 valence electrons. The molecule has 1 aromatic carbocycles. The number of hydrogen-bond donors (Lipinski definition) is 1. The molecule has 0 aliphatic carbocycles. The van der Waals surface area contributed by atoms with Crippen molar-refractivity contribution in [3.63, 3.8) is 0 Å². The van der Waals surface area contributed by atoms with Gasteiger partial charge in [0.2, 0.25) is 0 Å². The van der Waals surface area contributed by atoms with E-state index in [-0.39, 0.29) is 0 Å². The van der Waals surface area contributed by atoms with E-state index in [9.17, 15) is 4.39 Å². The fraction of sp³-hybridized carbons (Fsp3) is 0. The first-order valence-corrected chi connectivity index (χ1v) is 6.66. The van der Waals surface area contributed by atoms with Gasteiger partial charge in [0.25, 0.3) is 0 Å². The van der Waals surface area contributed by atoms with Crippen molar-refractivity contribution < 1.29 is 4.39 Å².